The van der Waals surface area contributed by atoms with Crippen molar-refractivity contribution < 1.29 is 9.59 Å². The Morgan fingerprint density at radius 2 is 1.79 bits per heavy atom. The van der Waals surface area contributed by atoms with E-state index >= 15 is 0 Å². The molecule has 1 fully saturated rings. The molecule has 1 aromatic heterocycles. The second-order valence-electron chi connectivity index (χ2n) is 8.73. The van der Waals surface area contributed by atoms with Crippen LogP contribution in [0.2, 0.25) is 0 Å². The van der Waals surface area contributed by atoms with Crippen molar-refractivity contribution in [1.82, 2.24) is 9.88 Å². The predicted molar refractivity (Wildman–Crippen MR) is 137 cm³/mol. The highest BCUT2D eigenvalue weighted by Gasteiger charge is 2.14. The van der Waals surface area contributed by atoms with Gasteiger partial charge >= 0.3 is 0 Å². The zero-order valence-corrected chi connectivity index (χ0v) is 19.7. The van der Waals surface area contributed by atoms with Gasteiger partial charge in [0.2, 0.25) is 5.91 Å². The molecule has 174 valence electrons. The van der Waals surface area contributed by atoms with Crippen LogP contribution in [0.3, 0.4) is 0 Å². The molecule has 1 saturated heterocycles. The van der Waals surface area contributed by atoms with E-state index in [-0.39, 0.29) is 11.7 Å². The molecule has 34 heavy (non-hydrogen) atoms. The van der Waals surface area contributed by atoms with Crippen LogP contribution in [0, 0.1) is 6.92 Å². The molecule has 1 N–H and O–H groups in total. The van der Waals surface area contributed by atoms with Gasteiger partial charge < -0.3 is 15.1 Å². The van der Waals surface area contributed by atoms with Crippen molar-refractivity contribution in [1.29, 1.82) is 0 Å². The lowest BCUT2D eigenvalue weighted by Gasteiger charge is -2.33. The van der Waals surface area contributed by atoms with Crippen molar-refractivity contribution in [3.63, 3.8) is 0 Å². The molecule has 0 bridgehead atoms. The summed E-state index contributed by atoms with van der Waals surface area (Å²) in [4.78, 5) is 34.0. The number of likely N-dealkylation sites (N-methyl/N-ethyl adjacent to an activating group) is 1. The molecule has 1 amide bonds. The number of benzene rings is 2. The SMILES string of the molecule is Cc1cccc(C(=O)Cc2cccc(/C=C/C(=O)Nc3ccc(N4CCN(C)CC4)cn3)c2)c1. The van der Waals surface area contributed by atoms with Crippen LogP contribution in [-0.4, -0.2) is 54.8 Å². The van der Waals surface area contributed by atoms with Gasteiger partial charge in [-0.3, -0.25) is 9.59 Å². The topological polar surface area (TPSA) is 65.5 Å². The Labute approximate surface area is 200 Å². The number of nitrogens with one attached hydrogen (secondary N) is 1. The summed E-state index contributed by atoms with van der Waals surface area (Å²) in [5, 5.41) is 2.81. The Hall–Kier alpha value is -3.77. The van der Waals surface area contributed by atoms with Crippen molar-refractivity contribution in [3.8, 4) is 0 Å². The minimum Gasteiger partial charge on any atom is -0.368 e. The second kappa shape index (κ2) is 10.9. The number of aromatic nitrogens is 1. The average molecular weight is 455 g/mol. The van der Waals surface area contributed by atoms with Crippen molar-refractivity contribution in [2.24, 2.45) is 0 Å². The number of piperazine rings is 1. The average Bonchev–Trinajstić information content (AvgIpc) is 2.84. The molecule has 0 saturated carbocycles. The highest BCUT2D eigenvalue weighted by Crippen LogP contribution is 2.17. The summed E-state index contributed by atoms with van der Waals surface area (Å²) in [6.45, 7) is 5.99. The number of carbonyl (C=O) groups is 2. The summed E-state index contributed by atoms with van der Waals surface area (Å²) in [6, 6.07) is 19.1. The highest BCUT2D eigenvalue weighted by molar-refractivity contribution is 6.01. The summed E-state index contributed by atoms with van der Waals surface area (Å²) in [5.41, 5.74) is 4.63. The van der Waals surface area contributed by atoms with Gasteiger partial charge in [-0.2, -0.15) is 0 Å². The van der Waals surface area contributed by atoms with Gasteiger partial charge in [-0.1, -0.05) is 48.0 Å². The molecule has 6 nitrogen and oxygen atoms in total. The molecule has 2 heterocycles. The number of nitrogens with zero attached hydrogens (tertiary/aromatic N) is 3. The van der Waals surface area contributed by atoms with E-state index in [1.807, 2.05) is 67.6 Å². The van der Waals surface area contributed by atoms with Gasteiger partial charge in [0, 0.05) is 44.2 Å². The number of hydrogen-bond donors (Lipinski definition) is 1. The van der Waals surface area contributed by atoms with Gasteiger partial charge in [0.05, 0.1) is 11.9 Å². The van der Waals surface area contributed by atoms with Crippen LogP contribution in [0.4, 0.5) is 11.5 Å². The fourth-order valence-corrected chi connectivity index (χ4v) is 3.96. The lowest BCUT2D eigenvalue weighted by Crippen LogP contribution is -2.44. The largest absolute Gasteiger partial charge is 0.368 e. The van der Waals surface area contributed by atoms with Crippen LogP contribution >= 0.6 is 0 Å². The van der Waals surface area contributed by atoms with E-state index in [9.17, 15) is 9.59 Å². The standard InChI is InChI=1S/C28H30N4O2/c1-21-5-3-8-24(17-21)26(33)19-23-7-4-6-22(18-23)9-12-28(34)30-27-11-10-25(20-29-27)32-15-13-31(2)14-16-32/h3-12,17-18,20H,13-16,19H2,1-2H3,(H,29,30,34)/b12-9+. The lowest BCUT2D eigenvalue weighted by molar-refractivity contribution is -0.111. The Morgan fingerprint density at radius 1 is 1.00 bits per heavy atom. The summed E-state index contributed by atoms with van der Waals surface area (Å²) in [6.07, 6.45) is 5.35. The summed E-state index contributed by atoms with van der Waals surface area (Å²) in [5.74, 6) is 0.347. The maximum Gasteiger partial charge on any atom is 0.249 e. The van der Waals surface area contributed by atoms with Crippen LogP contribution in [0.1, 0.15) is 27.0 Å². The minimum atomic E-state index is -0.249. The Balaban J connectivity index is 1.32. The molecule has 1 aliphatic rings. The number of carbonyl (C=O) groups excluding carboxylic acids is 2. The van der Waals surface area contributed by atoms with E-state index in [1.165, 1.54) is 6.08 Å². The number of Topliss-reactive ketones (excluding diaryl/α,β-unsaturated/α-hetero) is 1. The molecule has 2 aromatic carbocycles. The summed E-state index contributed by atoms with van der Waals surface area (Å²) < 4.78 is 0. The Kier molecular flexibility index (Phi) is 7.50. The van der Waals surface area contributed by atoms with Crippen LogP contribution in [0.15, 0.2) is 72.9 Å². The molecular formula is C28H30N4O2. The molecule has 6 heteroatoms. The number of pyridine rings is 1. The fraction of sp³-hybridized carbons (Fsp3) is 0.250. The molecule has 0 aliphatic carbocycles. The first kappa shape index (κ1) is 23.4. The van der Waals surface area contributed by atoms with E-state index in [1.54, 1.807) is 12.3 Å². The number of ketones is 1. The molecule has 0 atom stereocenters. The van der Waals surface area contributed by atoms with Crippen LogP contribution in [0.5, 0.6) is 0 Å². The molecule has 0 radical (unpaired) electrons. The van der Waals surface area contributed by atoms with Crippen molar-refractivity contribution in [2.75, 3.05) is 43.4 Å². The lowest BCUT2D eigenvalue weighted by atomic mass is 10.00. The van der Waals surface area contributed by atoms with E-state index in [0.717, 1.165) is 48.6 Å². The number of aryl methyl sites for hydroxylation is 1. The molecule has 3 aromatic rings. The van der Waals surface area contributed by atoms with E-state index in [4.69, 9.17) is 0 Å². The van der Waals surface area contributed by atoms with Gasteiger partial charge in [-0.05, 0) is 49.4 Å². The van der Waals surface area contributed by atoms with Crippen LogP contribution in [-0.2, 0) is 11.2 Å². The molecule has 1 aliphatic heterocycles. The van der Waals surface area contributed by atoms with Gasteiger partial charge in [0.25, 0.3) is 0 Å². The monoisotopic (exact) mass is 454 g/mol. The molecule has 0 unspecified atom stereocenters. The highest BCUT2D eigenvalue weighted by atomic mass is 16.1. The van der Waals surface area contributed by atoms with Crippen LogP contribution < -0.4 is 10.2 Å². The molecule has 0 spiro atoms. The van der Waals surface area contributed by atoms with E-state index in [2.05, 4.69) is 27.1 Å². The maximum absolute atomic E-state index is 12.6. The summed E-state index contributed by atoms with van der Waals surface area (Å²) >= 11 is 0. The second-order valence-corrected chi connectivity index (χ2v) is 8.73. The third kappa shape index (κ3) is 6.39. The first-order chi connectivity index (χ1) is 16.5. The predicted octanol–water partition coefficient (Wildman–Crippen LogP) is 4.22. The van der Waals surface area contributed by atoms with Crippen LogP contribution in [0.25, 0.3) is 6.08 Å². The summed E-state index contributed by atoms with van der Waals surface area (Å²) in [7, 11) is 2.13. The zero-order chi connectivity index (χ0) is 23.9. The normalized spacial score (nSPS) is 14.4. The first-order valence-electron chi connectivity index (χ1n) is 11.5. The van der Waals surface area contributed by atoms with Gasteiger partial charge in [0.15, 0.2) is 5.78 Å². The van der Waals surface area contributed by atoms with Crippen molar-refractivity contribution in [3.05, 3.63) is 95.2 Å². The fourth-order valence-electron chi connectivity index (χ4n) is 3.96. The van der Waals surface area contributed by atoms with Gasteiger partial charge in [-0.25, -0.2) is 4.98 Å². The van der Waals surface area contributed by atoms with Gasteiger partial charge in [0.1, 0.15) is 5.82 Å². The smallest absolute Gasteiger partial charge is 0.249 e. The number of anilines is 2. The van der Waals surface area contributed by atoms with Crippen molar-refractivity contribution in [2.45, 2.75) is 13.3 Å². The Morgan fingerprint density at radius 3 is 2.53 bits per heavy atom. The zero-order valence-electron chi connectivity index (χ0n) is 19.7. The quantitative estimate of drug-likeness (QED) is 0.428. The van der Waals surface area contributed by atoms with Crippen molar-refractivity contribution >= 4 is 29.3 Å². The molecule has 4 rings (SSSR count). The molecular weight excluding hydrogens is 424 g/mol. The first-order valence-corrected chi connectivity index (χ1v) is 11.5. The van der Waals surface area contributed by atoms with E-state index < -0.39 is 0 Å². The third-order valence-electron chi connectivity index (χ3n) is 5.95. The number of amides is 1. The van der Waals surface area contributed by atoms with Gasteiger partial charge in [-0.15, -0.1) is 0 Å². The Bertz CT molecular complexity index is 1180. The minimum absolute atomic E-state index is 0.0775. The third-order valence-corrected chi connectivity index (χ3v) is 5.95. The number of hydrogen-bond acceptors (Lipinski definition) is 5. The maximum atomic E-state index is 12.6. The van der Waals surface area contributed by atoms with E-state index in [0.29, 0.717) is 17.8 Å². The number of rotatable bonds is 7.